The zero-order valence-electron chi connectivity index (χ0n) is 23.6. The molecule has 2 aromatic carbocycles. The van der Waals surface area contributed by atoms with Crippen molar-refractivity contribution < 1.29 is 19.1 Å². The van der Waals surface area contributed by atoms with Gasteiger partial charge in [0, 0.05) is 37.4 Å². The molecule has 2 aliphatic rings. The van der Waals surface area contributed by atoms with E-state index in [1.165, 1.54) is 5.56 Å². The number of aromatic nitrogens is 1. The van der Waals surface area contributed by atoms with Crippen molar-refractivity contribution in [3.05, 3.63) is 100.0 Å². The van der Waals surface area contributed by atoms with Crippen molar-refractivity contribution in [3.63, 3.8) is 0 Å². The Balaban J connectivity index is 1.31. The van der Waals surface area contributed by atoms with Crippen molar-refractivity contribution >= 4 is 23.5 Å². The first-order valence-corrected chi connectivity index (χ1v) is 14.6. The third kappa shape index (κ3) is 7.04. The molecule has 8 heteroatoms. The molecule has 0 spiro atoms. The van der Waals surface area contributed by atoms with Crippen LogP contribution in [0.25, 0.3) is 11.1 Å². The Morgan fingerprint density at radius 3 is 2.39 bits per heavy atom. The van der Waals surface area contributed by atoms with Gasteiger partial charge in [0.1, 0.15) is 11.8 Å². The molecule has 3 aromatic rings. The quantitative estimate of drug-likeness (QED) is 0.236. The number of nitrogens with zero attached hydrogens (tertiary/aromatic N) is 2. The largest absolute Gasteiger partial charge is 0.457 e. The Hall–Kier alpha value is -3.52. The molecule has 2 unspecified atom stereocenters. The molecular weight excluding hydrogens is 538 g/mol. The molecule has 3 heterocycles. The van der Waals surface area contributed by atoms with Crippen LogP contribution in [0.4, 0.5) is 0 Å². The highest BCUT2D eigenvalue weighted by Gasteiger charge is 2.38. The minimum Gasteiger partial charge on any atom is -0.457 e. The Morgan fingerprint density at radius 1 is 1.07 bits per heavy atom. The van der Waals surface area contributed by atoms with Crippen molar-refractivity contribution in [1.29, 1.82) is 0 Å². The molecule has 5 rings (SSSR count). The molecule has 7 nitrogen and oxygen atoms in total. The predicted molar refractivity (Wildman–Crippen MR) is 159 cm³/mol. The van der Waals surface area contributed by atoms with Gasteiger partial charge in [-0.25, -0.2) is 9.78 Å². The van der Waals surface area contributed by atoms with E-state index in [2.05, 4.69) is 41.5 Å². The number of allylic oxidation sites excluding steroid dienone is 1. The third-order valence-corrected chi connectivity index (χ3v) is 8.02. The van der Waals surface area contributed by atoms with E-state index in [0.29, 0.717) is 29.6 Å². The van der Waals surface area contributed by atoms with E-state index in [1.54, 1.807) is 17.2 Å². The van der Waals surface area contributed by atoms with Gasteiger partial charge in [-0.1, -0.05) is 73.1 Å². The first-order valence-electron chi connectivity index (χ1n) is 14.2. The summed E-state index contributed by atoms with van der Waals surface area (Å²) < 4.78 is 11.6. The Bertz CT molecular complexity index is 1380. The summed E-state index contributed by atoms with van der Waals surface area (Å²) in [6.07, 6.45) is 3.63. The van der Waals surface area contributed by atoms with Crippen molar-refractivity contribution in [1.82, 2.24) is 15.2 Å². The van der Waals surface area contributed by atoms with Gasteiger partial charge in [0.25, 0.3) is 0 Å². The summed E-state index contributed by atoms with van der Waals surface area (Å²) in [6.45, 7) is 6.97. The number of nitrogens with one attached hydrogen (secondary N) is 1. The lowest BCUT2D eigenvalue weighted by atomic mass is 9.84. The minimum atomic E-state index is -0.460. The van der Waals surface area contributed by atoms with E-state index in [4.69, 9.17) is 21.1 Å². The van der Waals surface area contributed by atoms with Gasteiger partial charge in [0.15, 0.2) is 0 Å². The number of benzene rings is 2. The van der Waals surface area contributed by atoms with E-state index >= 15 is 0 Å². The molecule has 0 radical (unpaired) electrons. The number of halogens is 1. The first-order chi connectivity index (χ1) is 19.9. The molecule has 2 aliphatic heterocycles. The van der Waals surface area contributed by atoms with E-state index in [0.717, 1.165) is 48.2 Å². The number of hydrogen-bond donors (Lipinski definition) is 1. The molecule has 41 heavy (non-hydrogen) atoms. The second-order valence-corrected chi connectivity index (χ2v) is 10.9. The maximum absolute atomic E-state index is 13.6. The molecular formula is C33H36ClN3O4. The fourth-order valence-corrected chi connectivity index (χ4v) is 5.59. The minimum absolute atomic E-state index is 0.0253. The summed E-state index contributed by atoms with van der Waals surface area (Å²) in [5, 5.41) is 3.69. The maximum atomic E-state index is 13.6. The fraction of sp³-hybridized carbons (Fsp3) is 0.364. The molecule has 1 fully saturated rings. The van der Waals surface area contributed by atoms with Crippen LogP contribution in [0.5, 0.6) is 0 Å². The predicted octanol–water partition coefficient (Wildman–Crippen LogP) is 6.02. The Morgan fingerprint density at radius 2 is 1.78 bits per heavy atom. The molecule has 0 bridgehead atoms. The highest BCUT2D eigenvalue weighted by molar-refractivity contribution is 6.29. The average Bonchev–Trinajstić information content (AvgIpc) is 3.51. The van der Waals surface area contributed by atoms with Crippen LogP contribution in [0.1, 0.15) is 55.7 Å². The van der Waals surface area contributed by atoms with Gasteiger partial charge < -0.3 is 19.7 Å². The lowest BCUT2D eigenvalue weighted by molar-refractivity contribution is -0.141. The summed E-state index contributed by atoms with van der Waals surface area (Å²) in [4.78, 5) is 32.7. The van der Waals surface area contributed by atoms with Crippen LogP contribution in [-0.2, 0) is 32.2 Å². The number of rotatable bonds is 10. The molecule has 1 N–H and O–H groups in total. The first kappa shape index (κ1) is 29.0. The smallest absolute Gasteiger partial charge is 0.336 e. The molecule has 0 aliphatic carbocycles. The number of amides is 1. The van der Waals surface area contributed by atoms with Gasteiger partial charge in [0.05, 0.1) is 18.2 Å². The van der Waals surface area contributed by atoms with E-state index in [1.807, 2.05) is 37.3 Å². The molecule has 1 amide bonds. The van der Waals surface area contributed by atoms with Gasteiger partial charge in [-0.2, -0.15) is 0 Å². The van der Waals surface area contributed by atoms with Gasteiger partial charge in [-0.3, -0.25) is 4.79 Å². The lowest BCUT2D eigenvalue weighted by Crippen LogP contribution is -2.42. The van der Waals surface area contributed by atoms with Crippen LogP contribution in [0.3, 0.4) is 0 Å². The lowest BCUT2D eigenvalue weighted by Gasteiger charge is -2.35. The SMILES string of the molecule is CCNCc1ccc(-c2ccc(COC(=O)C3=C(C)N(CC4CCCO4)C(=O)CC3c3ccc(Cl)nc3)cc2)cc1. The molecule has 2 atom stereocenters. The van der Waals surface area contributed by atoms with Gasteiger partial charge in [-0.15, -0.1) is 0 Å². The van der Waals surface area contributed by atoms with Crippen LogP contribution in [0.2, 0.25) is 5.15 Å². The van der Waals surface area contributed by atoms with Crippen LogP contribution in [0.15, 0.2) is 78.1 Å². The number of hydrogen-bond acceptors (Lipinski definition) is 6. The van der Waals surface area contributed by atoms with Gasteiger partial charge >= 0.3 is 5.97 Å². The van der Waals surface area contributed by atoms with Crippen LogP contribution >= 0.6 is 11.6 Å². The van der Waals surface area contributed by atoms with E-state index in [-0.39, 0.29) is 25.0 Å². The average molecular weight is 574 g/mol. The van der Waals surface area contributed by atoms with Gasteiger partial charge in [0.2, 0.25) is 5.91 Å². The standard InChI is InChI=1S/C33H36ClN3O4/c1-3-35-18-23-6-10-25(11-7-23)26-12-8-24(9-13-26)21-41-33(39)32-22(2)37(20-28-5-4-16-40-28)31(38)17-29(32)27-14-15-30(34)36-19-27/h6-15,19,28-29,35H,3-5,16-18,20-21H2,1-2H3. The van der Waals surface area contributed by atoms with Crippen LogP contribution < -0.4 is 5.32 Å². The fourth-order valence-electron chi connectivity index (χ4n) is 5.47. The second kappa shape index (κ2) is 13.4. The zero-order chi connectivity index (χ0) is 28.8. The summed E-state index contributed by atoms with van der Waals surface area (Å²) in [6, 6.07) is 20.0. The van der Waals surface area contributed by atoms with Crippen LogP contribution in [-0.4, -0.2) is 47.6 Å². The number of esters is 1. The Labute approximate surface area is 246 Å². The number of pyridine rings is 1. The van der Waals surface area contributed by atoms with E-state index in [9.17, 15) is 9.59 Å². The van der Waals surface area contributed by atoms with Crippen molar-refractivity contribution in [2.24, 2.45) is 0 Å². The number of ether oxygens (including phenoxy) is 2. The summed E-state index contributed by atoms with van der Waals surface area (Å²) in [7, 11) is 0. The number of carbonyl (C=O) groups is 2. The van der Waals surface area contributed by atoms with Crippen molar-refractivity contribution in [2.45, 2.75) is 58.3 Å². The monoisotopic (exact) mass is 573 g/mol. The van der Waals surface area contributed by atoms with E-state index < -0.39 is 11.9 Å². The van der Waals surface area contributed by atoms with Crippen molar-refractivity contribution in [2.75, 3.05) is 19.7 Å². The highest BCUT2D eigenvalue weighted by atomic mass is 35.5. The molecule has 1 aromatic heterocycles. The highest BCUT2D eigenvalue weighted by Crippen LogP contribution is 2.38. The van der Waals surface area contributed by atoms with Crippen LogP contribution in [0, 0.1) is 0 Å². The molecule has 0 saturated carbocycles. The topological polar surface area (TPSA) is 80.8 Å². The summed E-state index contributed by atoms with van der Waals surface area (Å²) in [5.41, 5.74) is 6.20. The molecule has 214 valence electrons. The summed E-state index contributed by atoms with van der Waals surface area (Å²) in [5.74, 6) is -0.939. The normalized spacial score (nSPS) is 19.1. The third-order valence-electron chi connectivity index (χ3n) is 7.80. The zero-order valence-corrected chi connectivity index (χ0v) is 24.3. The number of carbonyl (C=O) groups excluding carboxylic acids is 2. The van der Waals surface area contributed by atoms with Crippen molar-refractivity contribution in [3.8, 4) is 11.1 Å². The second-order valence-electron chi connectivity index (χ2n) is 10.6. The molecule has 1 saturated heterocycles. The summed E-state index contributed by atoms with van der Waals surface area (Å²) >= 11 is 6.01. The van der Waals surface area contributed by atoms with Gasteiger partial charge in [-0.05, 0) is 60.2 Å². The Kier molecular flexibility index (Phi) is 9.49. The maximum Gasteiger partial charge on any atom is 0.336 e.